The SMILES string of the molecule is Cc1cn([C@H]2CCC(C=O)O2)c(=O)[nH]c1=O. The zero-order valence-corrected chi connectivity index (χ0v) is 8.80. The van der Waals surface area contributed by atoms with Gasteiger partial charge in [0.25, 0.3) is 5.56 Å². The van der Waals surface area contributed by atoms with Gasteiger partial charge in [-0.25, -0.2) is 4.79 Å². The Hall–Kier alpha value is -1.69. The van der Waals surface area contributed by atoms with Gasteiger partial charge in [0.15, 0.2) is 0 Å². The first kappa shape index (κ1) is 10.8. The minimum atomic E-state index is -0.507. The van der Waals surface area contributed by atoms with Crippen LogP contribution < -0.4 is 11.2 Å². The Morgan fingerprint density at radius 2 is 2.25 bits per heavy atom. The average Bonchev–Trinajstić information content (AvgIpc) is 2.71. The standard InChI is InChI=1S/C10H12N2O4/c1-6-4-12(10(15)11-9(6)14)8-3-2-7(5-13)16-8/h4-5,7-8H,2-3H2,1H3,(H,11,14,15)/t7?,8-/m1/s1. The van der Waals surface area contributed by atoms with Gasteiger partial charge >= 0.3 is 5.69 Å². The van der Waals surface area contributed by atoms with Gasteiger partial charge in [0.2, 0.25) is 0 Å². The van der Waals surface area contributed by atoms with Crippen LogP contribution in [0.5, 0.6) is 0 Å². The molecule has 0 spiro atoms. The van der Waals surface area contributed by atoms with E-state index >= 15 is 0 Å². The van der Waals surface area contributed by atoms with Gasteiger partial charge in [-0.2, -0.15) is 0 Å². The Morgan fingerprint density at radius 1 is 1.50 bits per heavy atom. The summed E-state index contributed by atoms with van der Waals surface area (Å²) in [7, 11) is 0. The number of carbonyl (C=O) groups is 1. The molecule has 1 saturated heterocycles. The maximum atomic E-state index is 11.5. The summed E-state index contributed by atoms with van der Waals surface area (Å²) < 4.78 is 6.66. The number of aromatic nitrogens is 2. The van der Waals surface area contributed by atoms with Crippen molar-refractivity contribution in [2.45, 2.75) is 32.1 Å². The summed E-state index contributed by atoms with van der Waals surface area (Å²) in [6.45, 7) is 1.61. The van der Waals surface area contributed by atoms with Gasteiger partial charge in [0, 0.05) is 11.8 Å². The topological polar surface area (TPSA) is 81.2 Å². The Balaban J connectivity index is 2.35. The molecule has 2 atom stereocenters. The highest BCUT2D eigenvalue weighted by molar-refractivity contribution is 5.56. The fourth-order valence-electron chi connectivity index (χ4n) is 1.75. The van der Waals surface area contributed by atoms with Crippen LogP contribution >= 0.6 is 0 Å². The molecule has 1 aliphatic rings. The lowest BCUT2D eigenvalue weighted by Gasteiger charge is -2.13. The summed E-state index contributed by atoms with van der Waals surface area (Å²) in [6.07, 6.45) is 2.46. The van der Waals surface area contributed by atoms with Crippen molar-refractivity contribution in [2.75, 3.05) is 0 Å². The van der Waals surface area contributed by atoms with E-state index in [1.165, 1.54) is 10.8 Å². The number of hydrogen-bond acceptors (Lipinski definition) is 4. The zero-order chi connectivity index (χ0) is 11.7. The molecule has 16 heavy (non-hydrogen) atoms. The number of carbonyl (C=O) groups excluding carboxylic acids is 1. The molecule has 0 radical (unpaired) electrons. The molecular weight excluding hydrogens is 212 g/mol. The molecule has 0 amide bonds. The lowest BCUT2D eigenvalue weighted by Crippen LogP contribution is -2.33. The predicted molar refractivity (Wildman–Crippen MR) is 55.3 cm³/mol. The molecule has 0 aliphatic carbocycles. The quantitative estimate of drug-likeness (QED) is 0.700. The average molecular weight is 224 g/mol. The first-order valence-corrected chi connectivity index (χ1v) is 5.04. The molecule has 2 heterocycles. The summed E-state index contributed by atoms with van der Waals surface area (Å²) in [5, 5.41) is 0. The minimum Gasteiger partial charge on any atom is -0.347 e. The van der Waals surface area contributed by atoms with Gasteiger partial charge in [0.05, 0.1) is 0 Å². The Bertz CT molecular complexity index is 516. The van der Waals surface area contributed by atoms with Crippen molar-refractivity contribution in [3.63, 3.8) is 0 Å². The number of ether oxygens (including phenoxy) is 1. The summed E-state index contributed by atoms with van der Waals surface area (Å²) >= 11 is 0. The van der Waals surface area contributed by atoms with E-state index in [9.17, 15) is 14.4 Å². The van der Waals surface area contributed by atoms with Gasteiger partial charge in [-0.3, -0.25) is 14.3 Å². The Labute approximate surface area is 90.9 Å². The fourth-order valence-corrected chi connectivity index (χ4v) is 1.75. The maximum absolute atomic E-state index is 11.5. The first-order chi connectivity index (χ1) is 7.61. The molecule has 1 N–H and O–H groups in total. The van der Waals surface area contributed by atoms with E-state index in [-0.39, 0.29) is 0 Å². The smallest absolute Gasteiger partial charge is 0.330 e. The Kier molecular flexibility index (Phi) is 2.74. The molecule has 1 aromatic rings. The van der Waals surface area contributed by atoms with Crippen LogP contribution in [0.15, 0.2) is 15.8 Å². The molecule has 1 fully saturated rings. The van der Waals surface area contributed by atoms with Crippen LogP contribution in [0.1, 0.15) is 24.6 Å². The number of hydrogen-bond donors (Lipinski definition) is 1. The molecule has 0 bridgehead atoms. The van der Waals surface area contributed by atoms with Crippen molar-refractivity contribution in [1.82, 2.24) is 9.55 Å². The number of nitrogens with one attached hydrogen (secondary N) is 1. The molecule has 0 saturated carbocycles. The maximum Gasteiger partial charge on any atom is 0.330 e. The van der Waals surface area contributed by atoms with E-state index in [4.69, 9.17) is 4.74 Å². The van der Waals surface area contributed by atoms with Crippen molar-refractivity contribution >= 4 is 6.29 Å². The monoisotopic (exact) mass is 224 g/mol. The Morgan fingerprint density at radius 3 is 2.88 bits per heavy atom. The lowest BCUT2D eigenvalue weighted by atomic mass is 10.2. The highest BCUT2D eigenvalue weighted by atomic mass is 16.5. The summed E-state index contributed by atoms with van der Waals surface area (Å²) in [5.41, 5.74) is -0.462. The van der Waals surface area contributed by atoms with Crippen LogP contribution in [0.2, 0.25) is 0 Å². The van der Waals surface area contributed by atoms with E-state index < -0.39 is 23.6 Å². The van der Waals surface area contributed by atoms with Crippen LogP contribution in [-0.4, -0.2) is 21.9 Å². The van der Waals surface area contributed by atoms with Crippen LogP contribution in [0, 0.1) is 6.92 Å². The number of aromatic amines is 1. The molecule has 6 heteroatoms. The van der Waals surface area contributed by atoms with Gasteiger partial charge in [-0.1, -0.05) is 0 Å². The van der Waals surface area contributed by atoms with E-state index in [1.54, 1.807) is 6.92 Å². The van der Waals surface area contributed by atoms with Crippen molar-refractivity contribution in [3.8, 4) is 0 Å². The highest BCUT2D eigenvalue weighted by Crippen LogP contribution is 2.25. The van der Waals surface area contributed by atoms with E-state index in [0.29, 0.717) is 18.4 Å². The largest absolute Gasteiger partial charge is 0.347 e. The van der Waals surface area contributed by atoms with Crippen molar-refractivity contribution in [1.29, 1.82) is 0 Å². The lowest BCUT2D eigenvalue weighted by molar-refractivity contribution is -0.119. The number of rotatable bonds is 2. The second-order valence-electron chi connectivity index (χ2n) is 3.82. The summed E-state index contributed by atoms with van der Waals surface area (Å²) in [5.74, 6) is 0. The van der Waals surface area contributed by atoms with E-state index in [1.807, 2.05) is 0 Å². The number of aryl methyl sites for hydroxylation is 1. The molecule has 0 aromatic carbocycles. The van der Waals surface area contributed by atoms with Crippen LogP contribution in [0.25, 0.3) is 0 Å². The summed E-state index contributed by atoms with van der Waals surface area (Å²) in [4.78, 5) is 35.4. The molecular formula is C10H12N2O4. The normalized spacial score (nSPS) is 24.6. The van der Waals surface area contributed by atoms with Gasteiger partial charge in [-0.05, 0) is 19.8 Å². The minimum absolute atomic E-state index is 0.397. The third kappa shape index (κ3) is 1.83. The fraction of sp³-hybridized carbons (Fsp3) is 0.500. The molecule has 1 aliphatic heterocycles. The van der Waals surface area contributed by atoms with Gasteiger partial charge in [-0.15, -0.1) is 0 Å². The second-order valence-corrected chi connectivity index (χ2v) is 3.82. The molecule has 6 nitrogen and oxygen atoms in total. The van der Waals surface area contributed by atoms with Crippen molar-refractivity contribution < 1.29 is 9.53 Å². The van der Waals surface area contributed by atoms with Crippen LogP contribution in [-0.2, 0) is 9.53 Å². The molecule has 1 aromatic heterocycles. The zero-order valence-electron chi connectivity index (χ0n) is 8.80. The van der Waals surface area contributed by atoms with Gasteiger partial charge in [0.1, 0.15) is 18.6 Å². The summed E-state index contributed by atoms with van der Waals surface area (Å²) in [6, 6.07) is 0. The second kappa shape index (κ2) is 4.05. The van der Waals surface area contributed by atoms with Crippen molar-refractivity contribution in [2.24, 2.45) is 0 Å². The molecule has 86 valence electrons. The van der Waals surface area contributed by atoms with Crippen LogP contribution in [0.3, 0.4) is 0 Å². The highest BCUT2D eigenvalue weighted by Gasteiger charge is 2.26. The van der Waals surface area contributed by atoms with E-state index in [0.717, 1.165) is 6.29 Å². The third-order valence-corrected chi connectivity index (χ3v) is 2.64. The predicted octanol–water partition coefficient (Wildman–Crippen LogP) is -0.278. The third-order valence-electron chi connectivity index (χ3n) is 2.64. The van der Waals surface area contributed by atoms with E-state index in [2.05, 4.69) is 4.98 Å². The first-order valence-electron chi connectivity index (χ1n) is 5.04. The molecule has 2 rings (SSSR count). The van der Waals surface area contributed by atoms with Gasteiger partial charge < -0.3 is 9.53 Å². The number of H-pyrrole nitrogens is 1. The number of aldehydes is 1. The molecule has 1 unspecified atom stereocenters. The van der Waals surface area contributed by atoms with Crippen molar-refractivity contribution in [3.05, 3.63) is 32.6 Å². The van der Waals surface area contributed by atoms with Crippen LogP contribution in [0.4, 0.5) is 0 Å². The number of nitrogens with zero attached hydrogens (tertiary/aromatic N) is 1.